The standard InChI is InChI=1S/C15H21F3N4O/c1-2-22-9-3-4-12(22)10-20-14(19)21-11-5-7-13(8-6-11)23-15(16,17)18/h5-8,12H,2-4,9-10H2,1H3,(H3,19,20,21). The number of alkyl halides is 3. The van der Waals surface area contributed by atoms with Gasteiger partial charge in [0.2, 0.25) is 0 Å². The third-order valence-electron chi connectivity index (χ3n) is 3.74. The van der Waals surface area contributed by atoms with Gasteiger partial charge in [-0.15, -0.1) is 13.2 Å². The summed E-state index contributed by atoms with van der Waals surface area (Å²) in [6.45, 7) is 4.81. The quantitative estimate of drug-likeness (QED) is 0.644. The van der Waals surface area contributed by atoms with Crippen molar-refractivity contribution in [3.05, 3.63) is 24.3 Å². The largest absolute Gasteiger partial charge is 0.573 e. The Bertz CT molecular complexity index is 531. The lowest BCUT2D eigenvalue weighted by Gasteiger charge is -2.21. The molecule has 0 bridgehead atoms. The molecule has 0 saturated carbocycles. The van der Waals surface area contributed by atoms with E-state index in [1.807, 2.05) is 0 Å². The average molecular weight is 330 g/mol. The number of guanidine groups is 1. The Labute approximate surface area is 133 Å². The second-order valence-electron chi connectivity index (χ2n) is 5.35. The molecule has 23 heavy (non-hydrogen) atoms. The predicted octanol–water partition coefficient (Wildman–Crippen LogP) is 2.80. The summed E-state index contributed by atoms with van der Waals surface area (Å²) in [5.74, 6) is -0.0273. The van der Waals surface area contributed by atoms with E-state index in [-0.39, 0.29) is 11.7 Å². The van der Waals surface area contributed by atoms with Gasteiger partial charge in [-0.25, -0.2) is 0 Å². The number of benzene rings is 1. The number of aliphatic imine (C=N–C) groups is 1. The van der Waals surface area contributed by atoms with Crippen LogP contribution in [-0.4, -0.2) is 42.9 Å². The molecule has 128 valence electrons. The van der Waals surface area contributed by atoms with E-state index in [0.29, 0.717) is 18.3 Å². The first-order valence-corrected chi connectivity index (χ1v) is 7.54. The second-order valence-corrected chi connectivity index (χ2v) is 5.35. The van der Waals surface area contributed by atoms with Crippen molar-refractivity contribution < 1.29 is 17.9 Å². The number of nitrogens with zero attached hydrogens (tertiary/aromatic N) is 2. The molecule has 0 radical (unpaired) electrons. The Morgan fingerprint density at radius 1 is 1.39 bits per heavy atom. The molecule has 1 aromatic rings. The van der Waals surface area contributed by atoms with Crippen LogP contribution in [0.15, 0.2) is 29.3 Å². The van der Waals surface area contributed by atoms with Crippen molar-refractivity contribution in [2.24, 2.45) is 10.7 Å². The van der Waals surface area contributed by atoms with Crippen LogP contribution in [0.5, 0.6) is 5.75 Å². The zero-order chi connectivity index (χ0) is 16.9. The number of hydrogen-bond acceptors (Lipinski definition) is 3. The van der Waals surface area contributed by atoms with Gasteiger partial charge in [-0.3, -0.25) is 9.89 Å². The van der Waals surface area contributed by atoms with Crippen LogP contribution >= 0.6 is 0 Å². The predicted molar refractivity (Wildman–Crippen MR) is 83.5 cm³/mol. The molecule has 2 rings (SSSR count). The minimum Gasteiger partial charge on any atom is -0.406 e. The third kappa shape index (κ3) is 5.63. The summed E-state index contributed by atoms with van der Waals surface area (Å²) < 4.78 is 40.0. The Kier molecular flexibility index (Phi) is 5.70. The number of halogens is 3. The number of hydrogen-bond donors (Lipinski definition) is 2. The van der Waals surface area contributed by atoms with Crippen molar-refractivity contribution in [2.75, 3.05) is 25.0 Å². The van der Waals surface area contributed by atoms with Crippen LogP contribution in [0.1, 0.15) is 19.8 Å². The highest BCUT2D eigenvalue weighted by Crippen LogP contribution is 2.24. The number of likely N-dealkylation sites (tertiary alicyclic amines) is 1. The van der Waals surface area contributed by atoms with E-state index < -0.39 is 6.36 Å². The van der Waals surface area contributed by atoms with E-state index in [1.165, 1.54) is 30.7 Å². The minimum atomic E-state index is -4.69. The van der Waals surface area contributed by atoms with Crippen molar-refractivity contribution in [1.29, 1.82) is 0 Å². The summed E-state index contributed by atoms with van der Waals surface area (Å²) in [4.78, 5) is 6.67. The fourth-order valence-corrected chi connectivity index (χ4v) is 2.65. The maximum absolute atomic E-state index is 12.1. The lowest BCUT2D eigenvalue weighted by molar-refractivity contribution is -0.274. The zero-order valence-electron chi connectivity index (χ0n) is 12.9. The van der Waals surface area contributed by atoms with Gasteiger partial charge >= 0.3 is 6.36 Å². The minimum absolute atomic E-state index is 0.248. The van der Waals surface area contributed by atoms with Crippen molar-refractivity contribution in [3.8, 4) is 5.75 Å². The summed E-state index contributed by atoms with van der Waals surface area (Å²) in [6.07, 6.45) is -2.42. The number of nitrogens with two attached hydrogens (primary N) is 1. The number of anilines is 1. The van der Waals surface area contributed by atoms with Crippen molar-refractivity contribution >= 4 is 11.6 Å². The monoisotopic (exact) mass is 330 g/mol. The molecule has 1 aromatic carbocycles. The number of nitrogens with one attached hydrogen (secondary N) is 1. The van der Waals surface area contributed by atoms with Crippen LogP contribution in [0.2, 0.25) is 0 Å². The fraction of sp³-hybridized carbons (Fsp3) is 0.533. The summed E-state index contributed by atoms with van der Waals surface area (Å²) in [5.41, 5.74) is 6.37. The van der Waals surface area contributed by atoms with Crippen LogP contribution in [0.25, 0.3) is 0 Å². The van der Waals surface area contributed by atoms with Crippen molar-refractivity contribution in [3.63, 3.8) is 0 Å². The first-order chi connectivity index (χ1) is 10.9. The first-order valence-electron chi connectivity index (χ1n) is 7.54. The molecule has 1 heterocycles. The molecule has 0 amide bonds. The van der Waals surface area contributed by atoms with Gasteiger partial charge < -0.3 is 15.8 Å². The fourth-order valence-electron chi connectivity index (χ4n) is 2.65. The van der Waals surface area contributed by atoms with E-state index in [4.69, 9.17) is 5.73 Å². The van der Waals surface area contributed by atoms with E-state index in [0.717, 1.165) is 19.5 Å². The molecule has 1 unspecified atom stereocenters. The maximum atomic E-state index is 12.1. The summed E-state index contributed by atoms with van der Waals surface area (Å²) in [6, 6.07) is 5.76. The molecule has 1 aliphatic rings. The molecular weight excluding hydrogens is 309 g/mol. The highest BCUT2D eigenvalue weighted by atomic mass is 19.4. The van der Waals surface area contributed by atoms with Crippen molar-refractivity contribution in [1.82, 2.24) is 4.90 Å². The van der Waals surface area contributed by atoms with Gasteiger partial charge in [-0.05, 0) is 50.2 Å². The van der Waals surface area contributed by atoms with Crippen molar-refractivity contribution in [2.45, 2.75) is 32.2 Å². The second kappa shape index (κ2) is 7.54. The third-order valence-corrected chi connectivity index (χ3v) is 3.74. The van der Waals surface area contributed by atoms with E-state index in [9.17, 15) is 13.2 Å². The van der Waals surface area contributed by atoms with Gasteiger partial charge in [0, 0.05) is 11.7 Å². The normalized spacial score (nSPS) is 19.8. The molecule has 5 nitrogen and oxygen atoms in total. The summed E-state index contributed by atoms with van der Waals surface area (Å²) >= 11 is 0. The SMILES string of the molecule is CCN1CCCC1CN=C(N)Nc1ccc(OC(F)(F)F)cc1. The van der Waals surface area contributed by atoms with Gasteiger partial charge in [0.1, 0.15) is 5.75 Å². The maximum Gasteiger partial charge on any atom is 0.573 e. The average Bonchev–Trinajstić information content (AvgIpc) is 2.93. The topological polar surface area (TPSA) is 62.9 Å². The zero-order valence-corrected chi connectivity index (χ0v) is 12.9. The highest BCUT2D eigenvalue weighted by molar-refractivity contribution is 5.92. The van der Waals surface area contributed by atoms with Gasteiger partial charge in [-0.2, -0.15) is 0 Å². The summed E-state index contributed by atoms with van der Waals surface area (Å²) in [7, 11) is 0. The lowest BCUT2D eigenvalue weighted by Crippen LogP contribution is -2.33. The van der Waals surface area contributed by atoms with Crippen LogP contribution < -0.4 is 15.8 Å². The molecule has 0 aromatic heterocycles. The molecule has 1 atom stereocenters. The Hall–Kier alpha value is -1.96. The van der Waals surface area contributed by atoms with Crippen LogP contribution in [0.4, 0.5) is 18.9 Å². The molecular formula is C15H21F3N4O. The van der Waals surface area contributed by atoms with E-state index in [2.05, 4.69) is 26.9 Å². The van der Waals surface area contributed by atoms with E-state index in [1.54, 1.807) is 0 Å². The van der Waals surface area contributed by atoms with Crippen LogP contribution in [-0.2, 0) is 0 Å². The Morgan fingerprint density at radius 3 is 2.70 bits per heavy atom. The van der Waals surface area contributed by atoms with E-state index >= 15 is 0 Å². The van der Waals surface area contributed by atoms with Crippen LogP contribution in [0.3, 0.4) is 0 Å². The molecule has 0 aliphatic carbocycles. The number of rotatable bonds is 5. The molecule has 0 spiro atoms. The molecule has 1 saturated heterocycles. The Balaban J connectivity index is 1.87. The molecule has 3 N–H and O–H groups in total. The lowest BCUT2D eigenvalue weighted by atomic mass is 10.2. The van der Waals surface area contributed by atoms with Crippen LogP contribution in [0, 0.1) is 0 Å². The Morgan fingerprint density at radius 2 is 2.09 bits per heavy atom. The van der Waals surface area contributed by atoms with Gasteiger partial charge in [0.15, 0.2) is 5.96 Å². The smallest absolute Gasteiger partial charge is 0.406 e. The first kappa shape index (κ1) is 17.4. The molecule has 8 heteroatoms. The number of ether oxygens (including phenoxy) is 1. The van der Waals surface area contributed by atoms with Gasteiger partial charge in [0.05, 0.1) is 6.54 Å². The van der Waals surface area contributed by atoms with Gasteiger partial charge in [-0.1, -0.05) is 6.92 Å². The molecule has 1 fully saturated rings. The highest BCUT2D eigenvalue weighted by Gasteiger charge is 2.30. The summed E-state index contributed by atoms with van der Waals surface area (Å²) in [5, 5.41) is 2.86. The molecule has 1 aliphatic heterocycles. The van der Waals surface area contributed by atoms with Gasteiger partial charge in [0.25, 0.3) is 0 Å². The number of likely N-dealkylation sites (N-methyl/N-ethyl adjacent to an activating group) is 1.